The Balaban J connectivity index is 1.55. The minimum atomic E-state index is -0.561. The van der Waals surface area contributed by atoms with Crippen LogP contribution in [-0.2, 0) is 4.79 Å². The minimum absolute atomic E-state index is 0.0322. The fraction of sp³-hybridized carbons (Fsp3) is 0.0909. The van der Waals surface area contributed by atoms with Crippen LogP contribution in [-0.4, -0.2) is 36.7 Å². The Morgan fingerprint density at radius 1 is 1.13 bits per heavy atom. The van der Waals surface area contributed by atoms with E-state index in [1.54, 1.807) is 36.5 Å². The highest BCUT2D eigenvalue weighted by atomic mass is 19.1. The summed E-state index contributed by atoms with van der Waals surface area (Å²) in [6.07, 6.45) is 4.39. The Morgan fingerprint density at radius 3 is 2.65 bits per heavy atom. The standard InChI is InChI=1S/C22H19FN4O4/c1-30-20-11-15(4-9-19(20)31-22(29)16-3-2-10-24-13-16)12-26-27-21(28)14-25-18-7-5-17(23)6-8-18/h2-13,25H,14H2,1H3,(H,27,28). The SMILES string of the molecule is COc1cc(C=NNC(=O)CNc2ccc(F)cc2)ccc1OC(=O)c1cccnc1. The van der Waals surface area contributed by atoms with E-state index in [9.17, 15) is 14.0 Å². The summed E-state index contributed by atoms with van der Waals surface area (Å²) < 4.78 is 23.5. The molecule has 0 bridgehead atoms. The first-order valence-electron chi connectivity index (χ1n) is 9.17. The summed E-state index contributed by atoms with van der Waals surface area (Å²) in [4.78, 5) is 27.9. The Hall–Kier alpha value is -4.27. The molecule has 31 heavy (non-hydrogen) atoms. The van der Waals surface area contributed by atoms with Crippen molar-refractivity contribution in [2.24, 2.45) is 5.10 Å². The predicted molar refractivity (Wildman–Crippen MR) is 113 cm³/mol. The molecule has 3 aromatic rings. The normalized spacial score (nSPS) is 10.5. The number of nitrogens with zero attached hydrogens (tertiary/aromatic N) is 2. The number of carbonyl (C=O) groups is 2. The molecule has 3 rings (SSSR count). The molecule has 0 fully saturated rings. The van der Waals surface area contributed by atoms with E-state index < -0.39 is 5.97 Å². The van der Waals surface area contributed by atoms with E-state index >= 15 is 0 Å². The molecule has 2 N–H and O–H groups in total. The van der Waals surface area contributed by atoms with Gasteiger partial charge in [0, 0.05) is 18.1 Å². The average molecular weight is 422 g/mol. The van der Waals surface area contributed by atoms with Crippen molar-refractivity contribution in [2.45, 2.75) is 0 Å². The quantitative estimate of drug-likeness (QED) is 0.250. The highest BCUT2D eigenvalue weighted by molar-refractivity contribution is 5.91. The van der Waals surface area contributed by atoms with Gasteiger partial charge < -0.3 is 14.8 Å². The number of hydrogen-bond acceptors (Lipinski definition) is 7. The van der Waals surface area contributed by atoms with Crippen LogP contribution >= 0.6 is 0 Å². The van der Waals surface area contributed by atoms with E-state index in [1.807, 2.05) is 0 Å². The summed E-state index contributed by atoms with van der Waals surface area (Å²) in [5, 5.41) is 6.74. The van der Waals surface area contributed by atoms with Crippen LogP contribution in [0.3, 0.4) is 0 Å². The third kappa shape index (κ3) is 6.36. The maximum absolute atomic E-state index is 12.9. The number of carbonyl (C=O) groups excluding carboxylic acids is 2. The molecule has 0 atom stereocenters. The van der Waals surface area contributed by atoms with Crippen molar-refractivity contribution in [3.63, 3.8) is 0 Å². The third-order valence-electron chi connectivity index (χ3n) is 3.99. The van der Waals surface area contributed by atoms with E-state index in [4.69, 9.17) is 9.47 Å². The summed E-state index contributed by atoms with van der Waals surface area (Å²) >= 11 is 0. The summed E-state index contributed by atoms with van der Waals surface area (Å²) in [6, 6.07) is 13.7. The molecule has 1 amide bonds. The first kappa shape index (κ1) is 21.4. The molecule has 8 nitrogen and oxygen atoms in total. The third-order valence-corrected chi connectivity index (χ3v) is 3.99. The van der Waals surface area contributed by atoms with E-state index in [0.717, 1.165) is 0 Å². The fourth-order valence-electron chi connectivity index (χ4n) is 2.46. The molecule has 1 heterocycles. The number of esters is 1. The van der Waals surface area contributed by atoms with Gasteiger partial charge >= 0.3 is 5.97 Å². The first-order valence-corrected chi connectivity index (χ1v) is 9.17. The van der Waals surface area contributed by atoms with Crippen molar-refractivity contribution in [3.8, 4) is 11.5 Å². The number of amides is 1. The Labute approximate surface area is 177 Å². The number of pyridine rings is 1. The van der Waals surface area contributed by atoms with Crippen LogP contribution in [0.4, 0.5) is 10.1 Å². The molecule has 0 saturated heterocycles. The molecule has 1 aromatic heterocycles. The zero-order valence-electron chi connectivity index (χ0n) is 16.5. The van der Waals surface area contributed by atoms with Gasteiger partial charge in [-0.05, 0) is 60.2 Å². The monoisotopic (exact) mass is 422 g/mol. The second-order valence-corrected chi connectivity index (χ2v) is 6.20. The summed E-state index contributed by atoms with van der Waals surface area (Å²) in [5.74, 6) is -0.734. The van der Waals surface area contributed by atoms with Crippen molar-refractivity contribution >= 4 is 23.8 Å². The van der Waals surface area contributed by atoms with Crippen molar-refractivity contribution in [1.82, 2.24) is 10.4 Å². The zero-order chi connectivity index (χ0) is 22.1. The number of nitrogens with one attached hydrogen (secondary N) is 2. The molecular formula is C22H19FN4O4. The van der Waals surface area contributed by atoms with Gasteiger partial charge in [-0.2, -0.15) is 5.10 Å². The number of anilines is 1. The molecule has 0 spiro atoms. The van der Waals surface area contributed by atoms with Gasteiger partial charge in [0.15, 0.2) is 11.5 Å². The largest absolute Gasteiger partial charge is 0.493 e. The zero-order valence-corrected chi connectivity index (χ0v) is 16.5. The topological polar surface area (TPSA) is 102 Å². The van der Waals surface area contributed by atoms with Crippen molar-refractivity contribution in [2.75, 3.05) is 19.0 Å². The Kier molecular flexibility index (Phi) is 7.26. The molecule has 9 heteroatoms. The molecule has 2 aromatic carbocycles. The van der Waals surface area contributed by atoms with Crippen LogP contribution in [0.1, 0.15) is 15.9 Å². The van der Waals surface area contributed by atoms with Gasteiger partial charge in [-0.15, -0.1) is 0 Å². The molecule has 0 aliphatic heterocycles. The van der Waals surface area contributed by atoms with E-state index in [2.05, 4.69) is 20.8 Å². The van der Waals surface area contributed by atoms with Crippen molar-refractivity contribution in [3.05, 3.63) is 83.9 Å². The van der Waals surface area contributed by atoms with Gasteiger partial charge in [0.1, 0.15) is 5.82 Å². The van der Waals surface area contributed by atoms with Crippen LogP contribution < -0.4 is 20.2 Å². The maximum Gasteiger partial charge on any atom is 0.345 e. The Morgan fingerprint density at radius 2 is 1.94 bits per heavy atom. The number of hydrazone groups is 1. The lowest BCUT2D eigenvalue weighted by molar-refractivity contribution is -0.119. The molecule has 0 radical (unpaired) electrons. The number of hydrogen-bond donors (Lipinski definition) is 2. The van der Waals surface area contributed by atoms with Crippen molar-refractivity contribution in [1.29, 1.82) is 0 Å². The summed E-state index contributed by atoms with van der Waals surface area (Å²) in [6.45, 7) is -0.0322. The molecule has 0 aliphatic rings. The number of ether oxygens (including phenoxy) is 2. The number of halogens is 1. The number of aromatic nitrogens is 1. The van der Waals surface area contributed by atoms with Gasteiger partial charge in [0.2, 0.25) is 0 Å². The van der Waals surface area contributed by atoms with Gasteiger partial charge in [-0.3, -0.25) is 9.78 Å². The van der Waals surface area contributed by atoms with Gasteiger partial charge in [0.05, 0.1) is 25.4 Å². The minimum Gasteiger partial charge on any atom is -0.493 e. The second-order valence-electron chi connectivity index (χ2n) is 6.20. The van der Waals surface area contributed by atoms with Crippen LogP contribution in [0, 0.1) is 5.82 Å². The molecule has 0 saturated carbocycles. The highest BCUT2D eigenvalue weighted by Gasteiger charge is 2.12. The first-order chi connectivity index (χ1) is 15.0. The molecule has 158 valence electrons. The molecular weight excluding hydrogens is 403 g/mol. The van der Waals surface area contributed by atoms with E-state index in [-0.39, 0.29) is 24.0 Å². The predicted octanol–water partition coefficient (Wildman–Crippen LogP) is 3.01. The molecule has 0 unspecified atom stereocenters. The van der Waals surface area contributed by atoms with Gasteiger partial charge in [-0.25, -0.2) is 14.6 Å². The van der Waals surface area contributed by atoms with Gasteiger partial charge in [-0.1, -0.05) is 0 Å². The molecule has 0 aliphatic carbocycles. The lowest BCUT2D eigenvalue weighted by Crippen LogP contribution is -2.25. The number of rotatable bonds is 8. The fourth-order valence-corrected chi connectivity index (χ4v) is 2.46. The lowest BCUT2D eigenvalue weighted by atomic mass is 10.2. The second kappa shape index (κ2) is 10.5. The lowest BCUT2D eigenvalue weighted by Gasteiger charge is -2.09. The van der Waals surface area contributed by atoms with Crippen LogP contribution in [0.25, 0.3) is 0 Å². The summed E-state index contributed by atoms with van der Waals surface area (Å²) in [5.41, 5.74) is 3.92. The average Bonchev–Trinajstić information content (AvgIpc) is 2.80. The van der Waals surface area contributed by atoms with E-state index in [1.165, 1.54) is 43.8 Å². The Bertz CT molecular complexity index is 1070. The van der Waals surface area contributed by atoms with E-state index in [0.29, 0.717) is 22.6 Å². The maximum atomic E-state index is 12.9. The van der Waals surface area contributed by atoms with Crippen LogP contribution in [0.2, 0.25) is 0 Å². The number of benzene rings is 2. The van der Waals surface area contributed by atoms with Gasteiger partial charge in [0.25, 0.3) is 5.91 Å². The smallest absolute Gasteiger partial charge is 0.345 e. The highest BCUT2D eigenvalue weighted by Crippen LogP contribution is 2.28. The van der Waals surface area contributed by atoms with Crippen LogP contribution in [0.15, 0.2) is 72.1 Å². The number of methoxy groups -OCH3 is 1. The summed E-state index contributed by atoms with van der Waals surface area (Å²) in [7, 11) is 1.45. The van der Waals surface area contributed by atoms with Crippen LogP contribution in [0.5, 0.6) is 11.5 Å². The van der Waals surface area contributed by atoms with Crippen molar-refractivity contribution < 1.29 is 23.5 Å².